The van der Waals surface area contributed by atoms with E-state index in [1.165, 1.54) is 23.2 Å². The Kier molecular flexibility index (Phi) is 6.40. The first-order chi connectivity index (χ1) is 16.1. The van der Waals surface area contributed by atoms with E-state index in [0.29, 0.717) is 46.5 Å². The Bertz CT molecular complexity index is 1350. The number of hydrogen-bond acceptors (Lipinski definition) is 8. The number of aliphatic imine (C=N–C) groups is 1. The molecule has 0 fully saturated rings. The first kappa shape index (κ1) is 23.5. The maximum atomic E-state index is 12.7. The molecule has 11 heteroatoms. The quantitative estimate of drug-likeness (QED) is 0.524. The number of aliphatic hydroxyl groups is 1. The van der Waals surface area contributed by atoms with Gasteiger partial charge in [-0.25, -0.2) is 18.4 Å². The highest BCUT2D eigenvalue weighted by Gasteiger charge is 2.22. The molecule has 1 aromatic carbocycles. The van der Waals surface area contributed by atoms with Crippen molar-refractivity contribution < 1.29 is 27.8 Å². The number of aromatic nitrogens is 2. The van der Waals surface area contributed by atoms with E-state index in [1.807, 2.05) is 12.1 Å². The number of carbonyl (C=O) groups is 1. The summed E-state index contributed by atoms with van der Waals surface area (Å²) in [7, 11) is -0.115. The molecule has 10 nitrogen and oxygen atoms in total. The molecular formula is C23H24N4O6S. The van der Waals surface area contributed by atoms with Gasteiger partial charge in [0.1, 0.15) is 23.3 Å². The average molecular weight is 485 g/mol. The highest BCUT2D eigenvalue weighted by atomic mass is 32.2. The van der Waals surface area contributed by atoms with Gasteiger partial charge in [0.25, 0.3) is 5.91 Å². The normalized spacial score (nSPS) is 15.5. The van der Waals surface area contributed by atoms with Crippen molar-refractivity contribution in [3.63, 3.8) is 0 Å². The van der Waals surface area contributed by atoms with Crippen LogP contribution in [0, 0.1) is 0 Å². The van der Waals surface area contributed by atoms with Gasteiger partial charge in [-0.3, -0.25) is 4.79 Å². The van der Waals surface area contributed by atoms with Crippen molar-refractivity contribution in [3.05, 3.63) is 59.9 Å². The Hall–Kier alpha value is -3.70. The molecule has 0 saturated heterocycles. The second-order valence-electron chi connectivity index (χ2n) is 8.01. The van der Waals surface area contributed by atoms with Gasteiger partial charge >= 0.3 is 0 Å². The van der Waals surface area contributed by atoms with E-state index in [0.717, 1.165) is 6.26 Å². The lowest BCUT2D eigenvalue weighted by Gasteiger charge is -2.14. The minimum absolute atomic E-state index is 0.0588. The van der Waals surface area contributed by atoms with Gasteiger partial charge in [0.2, 0.25) is 5.90 Å². The number of carbonyl (C=O) groups excluding carboxylic acids is 1. The summed E-state index contributed by atoms with van der Waals surface area (Å²) in [6, 6.07) is 11.6. The molecule has 0 unspecified atom stereocenters. The molecule has 178 valence electrons. The van der Waals surface area contributed by atoms with Crippen LogP contribution in [0.2, 0.25) is 0 Å². The smallest absolute Gasteiger partial charge is 0.253 e. The van der Waals surface area contributed by atoms with Gasteiger partial charge in [-0.05, 0) is 42.5 Å². The maximum absolute atomic E-state index is 12.7. The number of rotatable bonds is 7. The summed E-state index contributed by atoms with van der Waals surface area (Å²) in [5.41, 5.74) is 2.45. The number of aliphatic hydroxyl groups excluding tert-OH is 1. The van der Waals surface area contributed by atoms with Gasteiger partial charge in [-0.1, -0.05) is 0 Å². The van der Waals surface area contributed by atoms with Crippen LogP contribution in [-0.4, -0.2) is 79.8 Å². The number of hydrogen-bond donors (Lipinski definition) is 2. The molecule has 2 aromatic heterocycles. The Morgan fingerprint density at radius 3 is 2.56 bits per heavy atom. The molecule has 1 aliphatic heterocycles. The molecule has 0 aliphatic carbocycles. The van der Waals surface area contributed by atoms with Gasteiger partial charge in [0, 0.05) is 37.2 Å². The first-order valence-electron chi connectivity index (χ1n) is 10.4. The lowest BCUT2D eigenvalue weighted by atomic mass is 10.1. The number of nitrogens with one attached hydrogen (secondary N) is 1. The van der Waals surface area contributed by atoms with Crippen molar-refractivity contribution in [1.82, 2.24) is 14.9 Å². The molecule has 1 atom stereocenters. The number of H-pyrrole nitrogens is 1. The molecule has 1 aliphatic rings. The van der Waals surface area contributed by atoms with E-state index in [1.54, 1.807) is 32.3 Å². The zero-order valence-corrected chi connectivity index (χ0v) is 19.7. The van der Waals surface area contributed by atoms with Crippen LogP contribution in [0.5, 0.6) is 11.5 Å². The molecule has 0 spiro atoms. The average Bonchev–Trinajstić information content (AvgIpc) is 3.47. The minimum atomic E-state index is -3.43. The van der Waals surface area contributed by atoms with Crippen LogP contribution in [0.4, 0.5) is 0 Å². The predicted molar refractivity (Wildman–Crippen MR) is 125 cm³/mol. The van der Waals surface area contributed by atoms with Gasteiger partial charge in [0.05, 0.1) is 19.3 Å². The number of benzene rings is 1. The van der Waals surface area contributed by atoms with Crippen LogP contribution < -0.4 is 4.74 Å². The molecule has 0 saturated carbocycles. The van der Waals surface area contributed by atoms with Crippen molar-refractivity contribution in [1.29, 1.82) is 0 Å². The van der Waals surface area contributed by atoms with Crippen LogP contribution in [-0.2, 0) is 14.6 Å². The summed E-state index contributed by atoms with van der Waals surface area (Å²) < 4.78 is 34.8. The Balaban J connectivity index is 1.66. The van der Waals surface area contributed by atoms with E-state index in [9.17, 15) is 18.3 Å². The lowest BCUT2D eigenvalue weighted by Crippen LogP contribution is -2.21. The van der Waals surface area contributed by atoms with Gasteiger partial charge in [-0.15, -0.1) is 0 Å². The molecule has 4 rings (SSSR count). The van der Waals surface area contributed by atoms with E-state index in [4.69, 9.17) is 9.47 Å². The van der Waals surface area contributed by atoms with Crippen molar-refractivity contribution in [2.45, 2.75) is 11.1 Å². The Morgan fingerprint density at radius 1 is 1.18 bits per heavy atom. The molecule has 3 aromatic rings. The highest BCUT2D eigenvalue weighted by molar-refractivity contribution is 7.90. The fraction of sp³-hybridized carbons (Fsp3) is 0.261. The monoisotopic (exact) mass is 484 g/mol. The molecule has 3 heterocycles. The summed E-state index contributed by atoms with van der Waals surface area (Å²) >= 11 is 0. The van der Waals surface area contributed by atoms with Crippen LogP contribution in [0.3, 0.4) is 0 Å². The third-order valence-corrected chi connectivity index (χ3v) is 6.03. The number of sulfone groups is 1. The van der Waals surface area contributed by atoms with Crippen LogP contribution >= 0.6 is 0 Å². The number of amides is 1. The zero-order valence-electron chi connectivity index (χ0n) is 18.8. The Morgan fingerprint density at radius 2 is 1.94 bits per heavy atom. The molecule has 0 radical (unpaired) electrons. The number of aromatic amines is 1. The second kappa shape index (κ2) is 9.27. The number of ether oxygens (including phenoxy) is 2. The third-order valence-electron chi connectivity index (χ3n) is 5.03. The summed E-state index contributed by atoms with van der Waals surface area (Å²) in [6.45, 7) is 0.271. The largest absolute Gasteiger partial charge is 0.469 e. The summed E-state index contributed by atoms with van der Waals surface area (Å²) in [5.74, 6) is 0.906. The fourth-order valence-corrected chi connectivity index (χ4v) is 3.89. The van der Waals surface area contributed by atoms with Crippen molar-refractivity contribution in [2.24, 2.45) is 4.99 Å². The van der Waals surface area contributed by atoms with E-state index in [2.05, 4.69) is 15.0 Å². The summed E-state index contributed by atoms with van der Waals surface area (Å²) in [5, 5.41) is 9.20. The number of nitrogens with zero attached hydrogens (tertiary/aromatic N) is 3. The summed E-state index contributed by atoms with van der Waals surface area (Å²) in [6.07, 6.45) is 2.04. The first-order valence-corrected chi connectivity index (χ1v) is 12.3. The van der Waals surface area contributed by atoms with Crippen molar-refractivity contribution in [3.8, 4) is 22.8 Å². The van der Waals surface area contributed by atoms with Crippen LogP contribution in [0.25, 0.3) is 11.3 Å². The molecule has 1 amide bonds. The van der Waals surface area contributed by atoms with Crippen LogP contribution in [0.15, 0.2) is 58.7 Å². The lowest BCUT2D eigenvalue weighted by molar-refractivity contribution is 0.0827. The summed E-state index contributed by atoms with van der Waals surface area (Å²) in [4.78, 5) is 25.6. The number of pyridine rings is 1. The molecular weight excluding hydrogens is 460 g/mol. The van der Waals surface area contributed by atoms with Gasteiger partial charge < -0.3 is 24.5 Å². The van der Waals surface area contributed by atoms with Crippen molar-refractivity contribution in [2.75, 3.05) is 33.5 Å². The SMILES string of the molecule is CN(C)C(=O)c1cc(Oc2ccc(S(C)(=O)=O)nc2)cc(-c2ccc(C3=NC[C@H](CO)O3)[nH]2)c1. The predicted octanol–water partition coefficient (Wildman–Crippen LogP) is 2.11. The maximum Gasteiger partial charge on any atom is 0.253 e. The molecule has 34 heavy (non-hydrogen) atoms. The van der Waals surface area contributed by atoms with E-state index < -0.39 is 9.84 Å². The molecule has 2 N–H and O–H groups in total. The van der Waals surface area contributed by atoms with Gasteiger partial charge in [0.15, 0.2) is 14.9 Å². The van der Waals surface area contributed by atoms with Gasteiger partial charge in [-0.2, -0.15) is 0 Å². The second-order valence-corrected chi connectivity index (χ2v) is 9.97. The highest BCUT2D eigenvalue weighted by Crippen LogP contribution is 2.30. The minimum Gasteiger partial charge on any atom is -0.469 e. The Labute approximate surface area is 196 Å². The fourth-order valence-electron chi connectivity index (χ4n) is 3.33. The zero-order chi connectivity index (χ0) is 24.5. The standard InChI is InChI=1S/C23H24N4O6S/c1-27(2)23(29)15-8-14(19-5-6-20(26-19)22-25-12-18(13-28)33-22)9-17(10-15)32-16-4-7-21(24-11-16)34(3,30)31/h4-11,18,26,28H,12-13H2,1-3H3/t18-/m1/s1. The van der Waals surface area contributed by atoms with Crippen LogP contribution in [0.1, 0.15) is 16.1 Å². The molecule has 0 bridgehead atoms. The van der Waals surface area contributed by atoms with Crippen molar-refractivity contribution >= 4 is 21.6 Å². The third kappa shape index (κ3) is 5.10. The van der Waals surface area contributed by atoms with E-state index >= 15 is 0 Å². The van der Waals surface area contributed by atoms with E-state index in [-0.39, 0.29) is 23.6 Å². The topological polar surface area (TPSA) is 134 Å².